The molecule has 0 amide bonds. The third-order valence-electron chi connectivity index (χ3n) is 4.23. The second kappa shape index (κ2) is 8.00. The summed E-state index contributed by atoms with van der Waals surface area (Å²) in [5, 5.41) is 6.63. The van der Waals surface area contributed by atoms with Gasteiger partial charge in [-0.3, -0.25) is 0 Å². The van der Waals surface area contributed by atoms with Gasteiger partial charge in [0, 0.05) is 18.4 Å². The zero-order chi connectivity index (χ0) is 18.4. The smallest absolute Gasteiger partial charge is 0.229 e. The molecule has 0 aliphatic carbocycles. The van der Waals surface area contributed by atoms with E-state index in [0.717, 1.165) is 24.5 Å². The molecule has 26 heavy (non-hydrogen) atoms. The van der Waals surface area contributed by atoms with Crippen molar-refractivity contribution in [2.45, 2.75) is 32.6 Å². The summed E-state index contributed by atoms with van der Waals surface area (Å²) in [4.78, 5) is 8.85. The number of anilines is 3. The molecule has 0 saturated heterocycles. The molecule has 4 heteroatoms. The van der Waals surface area contributed by atoms with Gasteiger partial charge in [0.1, 0.15) is 5.82 Å². The highest BCUT2D eigenvalue weighted by Crippen LogP contribution is 2.24. The largest absolute Gasteiger partial charge is 0.370 e. The van der Waals surface area contributed by atoms with Crippen molar-refractivity contribution in [2.24, 2.45) is 0 Å². The standard InChI is InChI=1S/C22H26N4/c1-22(2,3)18-9-11-19(12-10-18)25-21-24-16-14-20(26-21)23-15-13-17-7-5-4-6-8-17/h4-12,14,16H,13,15H2,1-3H3,(H2,23,24,25,26). The quantitative estimate of drug-likeness (QED) is 0.646. The molecular formula is C22H26N4. The maximum Gasteiger partial charge on any atom is 0.229 e. The molecule has 0 fully saturated rings. The van der Waals surface area contributed by atoms with Crippen LogP contribution >= 0.6 is 0 Å². The summed E-state index contributed by atoms with van der Waals surface area (Å²) in [6, 6.07) is 20.7. The molecule has 0 bridgehead atoms. The minimum Gasteiger partial charge on any atom is -0.370 e. The number of hydrogen-bond acceptors (Lipinski definition) is 4. The summed E-state index contributed by atoms with van der Waals surface area (Å²) < 4.78 is 0. The van der Waals surface area contributed by atoms with Gasteiger partial charge in [-0.2, -0.15) is 4.98 Å². The lowest BCUT2D eigenvalue weighted by atomic mass is 9.87. The SMILES string of the molecule is CC(C)(C)c1ccc(Nc2nccc(NCCc3ccccc3)n2)cc1. The first-order chi connectivity index (χ1) is 12.5. The highest BCUT2D eigenvalue weighted by atomic mass is 15.1. The molecule has 0 aliphatic rings. The Balaban J connectivity index is 1.58. The Labute approximate surface area is 155 Å². The maximum absolute atomic E-state index is 4.54. The third-order valence-corrected chi connectivity index (χ3v) is 4.23. The van der Waals surface area contributed by atoms with Gasteiger partial charge in [-0.1, -0.05) is 63.2 Å². The Morgan fingerprint density at radius 3 is 2.31 bits per heavy atom. The van der Waals surface area contributed by atoms with Gasteiger partial charge in [0.05, 0.1) is 0 Å². The predicted octanol–water partition coefficient (Wildman–Crippen LogP) is 5.17. The molecule has 1 aromatic heterocycles. The Bertz CT molecular complexity index is 821. The summed E-state index contributed by atoms with van der Waals surface area (Å²) in [5.41, 5.74) is 3.75. The van der Waals surface area contributed by atoms with Crippen molar-refractivity contribution in [3.63, 3.8) is 0 Å². The van der Waals surface area contributed by atoms with Crippen LogP contribution < -0.4 is 10.6 Å². The Morgan fingerprint density at radius 1 is 0.885 bits per heavy atom. The Morgan fingerprint density at radius 2 is 1.62 bits per heavy atom. The molecule has 0 aliphatic heterocycles. The van der Waals surface area contributed by atoms with Gasteiger partial charge in [0.25, 0.3) is 0 Å². The van der Waals surface area contributed by atoms with E-state index in [-0.39, 0.29) is 5.41 Å². The van der Waals surface area contributed by atoms with Gasteiger partial charge in [-0.05, 0) is 41.2 Å². The number of benzene rings is 2. The van der Waals surface area contributed by atoms with Crippen LogP contribution in [-0.2, 0) is 11.8 Å². The summed E-state index contributed by atoms with van der Waals surface area (Å²) in [6.45, 7) is 7.47. The molecule has 0 spiro atoms. The predicted molar refractivity (Wildman–Crippen MR) is 109 cm³/mol. The summed E-state index contributed by atoms with van der Waals surface area (Å²) in [5.74, 6) is 1.42. The van der Waals surface area contributed by atoms with Crippen molar-refractivity contribution in [2.75, 3.05) is 17.2 Å². The molecule has 3 rings (SSSR count). The first kappa shape index (κ1) is 17.9. The van der Waals surface area contributed by atoms with E-state index in [2.05, 4.69) is 89.9 Å². The monoisotopic (exact) mass is 346 g/mol. The second-order valence-electron chi connectivity index (χ2n) is 7.38. The van der Waals surface area contributed by atoms with Crippen LogP contribution in [0.1, 0.15) is 31.9 Å². The van der Waals surface area contributed by atoms with Crippen molar-refractivity contribution < 1.29 is 0 Å². The summed E-state index contributed by atoms with van der Waals surface area (Å²) in [7, 11) is 0. The number of hydrogen-bond donors (Lipinski definition) is 2. The molecular weight excluding hydrogens is 320 g/mol. The van der Waals surface area contributed by atoms with Crippen LogP contribution in [0, 0.1) is 0 Å². The lowest BCUT2D eigenvalue weighted by molar-refractivity contribution is 0.590. The van der Waals surface area contributed by atoms with Crippen LogP contribution in [-0.4, -0.2) is 16.5 Å². The zero-order valence-electron chi connectivity index (χ0n) is 15.7. The fraction of sp³-hybridized carbons (Fsp3) is 0.273. The summed E-state index contributed by atoms with van der Waals surface area (Å²) >= 11 is 0. The first-order valence-corrected chi connectivity index (χ1v) is 8.99. The summed E-state index contributed by atoms with van der Waals surface area (Å²) in [6.07, 6.45) is 2.73. The van der Waals surface area contributed by atoms with E-state index in [1.165, 1.54) is 11.1 Å². The number of rotatable bonds is 6. The van der Waals surface area contributed by atoms with E-state index in [1.54, 1.807) is 6.20 Å². The van der Waals surface area contributed by atoms with Crippen LogP contribution in [0.4, 0.5) is 17.5 Å². The van der Waals surface area contributed by atoms with Crippen molar-refractivity contribution in [1.29, 1.82) is 0 Å². The second-order valence-corrected chi connectivity index (χ2v) is 7.38. The van der Waals surface area contributed by atoms with Gasteiger partial charge in [-0.15, -0.1) is 0 Å². The fourth-order valence-electron chi connectivity index (χ4n) is 2.68. The molecule has 3 aromatic rings. The van der Waals surface area contributed by atoms with Gasteiger partial charge in [0.2, 0.25) is 5.95 Å². The van der Waals surface area contributed by atoms with Crippen LogP contribution in [0.2, 0.25) is 0 Å². The Kier molecular flexibility index (Phi) is 5.52. The highest BCUT2D eigenvalue weighted by Gasteiger charge is 2.12. The zero-order valence-corrected chi connectivity index (χ0v) is 15.7. The first-order valence-electron chi connectivity index (χ1n) is 8.99. The minimum atomic E-state index is 0.150. The molecule has 2 aromatic carbocycles. The number of nitrogens with zero attached hydrogens (tertiary/aromatic N) is 2. The van der Waals surface area contributed by atoms with Gasteiger partial charge >= 0.3 is 0 Å². The molecule has 0 atom stereocenters. The molecule has 0 saturated carbocycles. The lowest BCUT2D eigenvalue weighted by Gasteiger charge is -2.19. The van der Waals surface area contributed by atoms with E-state index < -0.39 is 0 Å². The van der Waals surface area contributed by atoms with Gasteiger partial charge in [-0.25, -0.2) is 4.98 Å². The van der Waals surface area contributed by atoms with Crippen molar-refractivity contribution in [1.82, 2.24) is 9.97 Å². The normalized spacial score (nSPS) is 11.2. The van der Waals surface area contributed by atoms with Crippen molar-refractivity contribution in [3.8, 4) is 0 Å². The molecule has 134 valence electrons. The van der Waals surface area contributed by atoms with E-state index >= 15 is 0 Å². The number of aromatic nitrogens is 2. The van der Waals surface area contributed by atoms with Crippen LogP contribution in [0.3, 0.4) is 0 Å². The molecule has 0 radical (unpaired) electrons. The Hall–Kier alpha value is -2.88. The van der Waals surface area contributed by atoms with E-state index in [4.69, 9.17) is 0 Å². The maximum atomic E-state index is 4.54. The van der Waals surface area contributed by atoms with Gasteiger partial charge in [0.15, 0.2) is 0 Å². The van der Waals surface area contributed by atoms with Crippen LogP contribution in [0.25, 0.3) is 0 Å². The van der Waals surface area contributed by atoms with Crippen LogP contribution in [0.5, 0.6) is 0 Å². The van der Waals surface area contributed by atoms with Crippen molar-refractivity contribution >= 4 is 17.5 Å². The third kappa shape index (κ3) is 5.06. The van der Waals surface area contributed by atoms with E-state index in [0.29, 0.717) is 5.95 Å². The van der Waals surface area contributed by atoms with Gasteiger partial charge < -0.3 is 10.6 Å². The highest BCUT2D eigenvalue weighted by molar-refractivity contribution is 5.55. The average molecular weight is 346 g/mol. The molecule has 4 nitrogen and oxygen atoms in total. The fourth-order valence-corrected chi connectivity index (χ4v) is 2.68. The molecule has 0 unspecified atom stereocenters. The van der Waals surface area contributed by atoms with Crippen LogP contribution in [0.15, 0.2) is 66.9 Å². The lowest BCUT2D eigenvalue weighted by Crippen LogP contribution is -2.10. The topological polar surface area (TPSA) is 49.8 Å². The molecule has 2 N–H and O–H groups in total. The number of nitrogens with one attached hydrogen (secondary N) is 2. The minimum absolute atomic E-state index is 0.150. The average Bonchev–Trinajstić information content (AvgIpc) is 2.63. The van der Waals surface area contributed by atoms with E-state index in [9.17, 15) is 0 Å². The van der Waals surface area contributed by atoms with E-state index in [1.807, 2.05) is 12.1 Å². The van der Waals surface area contributed by atoms with Crippen molar-refractivity contribution in [3.05, 3.63) is 78.0 Å². The molecule has 1 heterocycles.